The molecule has 4 rings (SSSR count). The minimum atomic E-state index is -3.65. The highest BCUT2D eigenvalue weighted by atomic mass is 35.5. The van der Waals surface area contributed by atoms with Crippen molar-refractivity contribution in [3.63, 3.8) is 0 Å². The maximum atomic E-state index is 13.8. The number of nitrogens with zero attached hydrogens (tertiary/aromatic N) is 1. The van der Waals surface area contributed by atoms with Gasteiger partial charge in [0.2, 0.25) is 10.0 Å². The van der Waals surface area contributed by atoms with E-state index in [-0.39, 0.29) is 28.3 Å². The number of sulfonamides is 1. The third-order valence-corrected chi connectivity index (χ3v) is 12.2. The Morgan fingerprint density at radius 3 is 2.13 bits per heavy atom. The molecule has 2 aliphatic rings. The molecule has 3 atom stereocenters. The molecule has 2 aromatic carbocycles. The first-order chi connectivity index (χ1) is 21.7. The normalized spacial score (nSPS) is 22.4. The van der Waals surface area contributed by atoms with E-state index >= 15 is 0 Å². The van der Waals surface area contributed by atoms with Gasteiger partial charge in [-0.15, -0.1) is 0 Å². The molecule has 0 unspecified atom stereocenters. The smallest absolute Gasteiger partial charge is 0.341 e. The molecule has 7 nitrogen and oxygen atoms in total. The third kappa shape index (κ3) is 8.26. The van der Waals surface area contributed by atoms with Crippen molar-refractivity contribution in [2.45, 2.75) is 116 Å². The zero-order valence-corrected chi connectivity index (χ0v) is 31.2. The number of carbonyl (C=O) groups is 1. The molecule has 2 aliphatic heterocycles. The molecule has 1 spiro atoms. The first-order valence-electron chi connectivity index (χ1n) is 16.8. The molecule has 1 N–H and O–H groups in total. The largest absolute Gasteiger partial charge is 0.480 e. The van der Waals surface area contributed by atoms with Gasteiger partial charge in [-0.2, -0.15) is 4.31 Å². The van der Waals surface area contributed by atoms with Crippen molar-refractivity contribution in [1.82, 2.24) is 4.31 Å². The summed E-state index contributed by atoms with van der Waals surface area (Å²) in [5.41, 5.74) is 3.25. The average molecular weight is 688 g/mol. The van der Waals surface area contributed by atoms with E-state index in [1.807, 2.05) is 31.2 Å². The van der Waals surface area contributed by atoms with Crippen molar-refractivity contribution < 1.29 is 27.8 Å². The molecule has 0 aliphatic carbocycles. The van der Waals surface area contributed by atoms with Crippen LogP contribution in [0.4, 0.5) is 0 Å². The fourth-order valence-electron chi connectivity index (χ4n) is 7.07. The van der Waals surface area contributed by atoms with Gasteiger partial charge in [-0.25, -0.2) is 13.2 Å². The number of carboxylic acid groups (broad SMARTS) is 1. The first-order valence-corrected chi connectivity index (χ1v) is 18.6. The van der Waals surface area contributed by atoms with Crippen LogP contribution in [0.5, 0.6) is 5.75 Å². The average Bonchev–Trinajstić information content (AvgIpc) is 2.96. The standard InChI is InChI=1S/C38H54ClNO6S/c1-24(2)19-32-38(15-17-40(18-16-38)47(43,44)28-13-11-26(12-14-28)36(5,6)7)22-30(25(3)4)34(46-32)29-20-27(37(8,9)10)21-31(39)35(29)45-23-33(41)42/h11-14,20-21,24,30,32,34H,3,15-19,22-23H2,1-2,4-10H3,(H,41,42)/t30-,32+,34-/m0/s1. The van der Waals surface area contributed by atoms with Crippen LogP contribution in [0, 0.1) is 17.3 Å². The maximum absolute atomic E-state index is 13.8. The van der Waals surface area contributed by atoms with Crippen molar-refractivity contribution in [3.05, 3.63) is 70.3 Å². The molecule has 2 saturated heterocycles. The third-order valence-electron chi connectivity index (χ3n) is 9.97. The van der Waals surface area contributed by atoms with Crippen LogP contribution in [0.3, 0.4) is 0 Å². The minimum Gasteiger partial charge on any atom is -0.480 e. The molecule has 2 fully saturated rings. The number of benzene rings is 2. The molecule has 0 saturated carbocycles. The zero-order valence-electron chi connectivity index (χ0n) is 29.7. The number of piperidine rings is 1. The SMILES string of the molecule is C=C(C)[C@@H]1CC2(CCN(S(=O)(=O)c3ccc(C(C)(C)C)cc3)CC2)[C@@H](CC(C)C)O[C@H]1c1cc(C(C)(C)C)cc(Cl)c1OCC(=O)O. The van der Waals surface area contributed by atoms with Crippen LogP contribution in [0.2, 0.25) is 5.02 Å². The molecule has 0 aromatic heterocycles. The molecule has 47 heavy (non-hydrogen) atoms. The Morgan fingerprint density at radius 2 is 1.64 bits per heavy atom. The van der Waals surface area contributed by atoms with E-state index in [1.54, 1.807) is 16.4 Å². The van der Waals surface area contributed by atoms with E-state index in [2.05, 4.69) is 62.0 Å². The topological polar surface area (TPSA) is 93.1 Å². The minimum absolute atomic E-state index is 0.0631. The van der Waals surface area contributed by atoms with E-state index in [0.29, 0.717) is 47.5 Å². The van der Waals surface area contributed by atoms with Crippen molar-refractivity contribution in [3.8, 4) is 5.75 Å². The second-order valence-corrected chi connectivity index (χ2v) is 18.5. The number of halogens is 1. The van der Waals surface area contributed by atoms with Gasteiger partial charge >= 0.3 is 5.97 Å². The summed E-state index contributed by atoms with van der Waals surface area (Å²) < 4.78 is 42.2. The summed E-state index contributed by atoms with van der Waals surface area (Å²) in [7, 11) is -3.65. The van der Waals surface area contributed by atoms with Gasteiger partial charge in [0.1, 0.15) is 5.75 Å². The monoisotopic (exact) mass is 687 g/mol. The summed E-state index contributed by atoms with van der Waals surface area (Å²) in [6.07, 6.45) is 2.32. The van der Waals surface area contributed by atoms with Gasteiger partial charge < -0.3 is 14.6 Å². The Morgan fingerprint density at radius 1 is 1.06 bits per heavy atom. The van der Waals surface area contributed by atoms with Gasteiger partial charge in [0.15, 0.2) is 6.61 Å². The van der Waals surface area contributed by atoms with Crippen LogP contribution in [0.1, 0.15) is 111 Å². The fraction of sp³-hybridized carbons (Fsp3) is 0.605. The van der Waals surface area contributed by atoms with Crippen LogP contribution in [0.15, 0.2) is 53.4 Å². The second kappa shape index (κ2) is 13.9. The lowest BCUT2D eigenvalue weighted by Crippen LogP contribution is -2.53. The van der Waals surface area contributed by atoms with Crippen molar-refractivity contribution >= 4 is 27.6 Å². The highest BCUT2D eigenvalue weighted by molar-refractivity contribution is 7.89. The van der Waals surface area contributed by atoms with Crippen LogP contribution >= 0.6 is 11.6 Å². The number of ether oxygens (including phenoxy) is 2. The molecular weight excluding hydrogens is 634 g/mol. The van der Waals surface area contributed by atoms with E-state index in [0.717, 1.165) is 35.1 Å². The van der Waals surface area contributed by atoms with E-state index in [4.69, 9.17) is 21.1 Å². The highest BCUT2D eigenvalue weighted by Crippen LogP contribution is 2.56. The lowest BCUT2D eigenvalue weighted by Gasteiger charge is -2.54. The van der Waals surface area contributed by atoms with Gasteiger partial charge in [-0.3, -0.25) is 0 Å². The molecule has 0 bridgehead atoms. The molecule has 0 radical (unpaired) electrons. The van der Waals surface area contributed by atoms with Gasteiger partial charge in [-0.05, 0) is 90.2 Å². The molecule has 9 heteroatoms. The van der Waals surface area contributed by atoms with Gasteiger partial charge in [0.05, 0.1) is 22.1 Å². The molecule has 2 aromatic rings. The van der Waals surface area contributed by atoms with Crippen LogP contribution < -0.4 is 4.74 Å². The number of carboxylic acids is 1. The van der Waals surface area contributed by atoms with Crippen molar-refractivity contribution in [2.24, 2.45) is 17.3 Å². The number of aliphatic carboxylic acids is 1. The van der Waals surface area contributed by atoms with Crippen molar-refractivity contribution in [1.29, 1.82) is 0 Å². The van der Waals surface area contributed by atoms with Crippen molar-refractivity contribution in [2.75, 3.05) is 19.7 Å². The van der Waals surface area contributed by atoms with Gasteiger partial charge in [0, 0.05) is 24.6 Å². The summed E-state index contributed by atoms with van der Waals surface area (Å²) in [6.45, 7) is 23.7. The lowest BCUT2D eigenvalue weighted by molar-refractivity contribution is -0.173. The van der Waals surface area contributed by atoms with Gasteiger partial charge in [0.25, 0.3) is 0 Å². The Hall–Kier alpha value is -2.39. The summed E-state index contributed by atoms with van der Waals surface area (Å²) in [6, 6.07) is 11.2. The molecule has 260 valence electrons. The number of hydrogen-bond acceptors (Lipinski definition) is 5. The highest BCUT2D eigenvalue weighted by Gasteiger charge is 2.52. The van der Waals surface area contributed by atoms with Crippen LogP contribution in [-0.4, -0.2) is 49.6 Å². The number of rotatable bonds is 9. The summed E-state index contributed by atoms with van der Waals surface area (Å²) >= 11 is 6.82. The predicted octanol–water partition coefficient (Wildman–Crippen LogP) is 8.94. The first kappa shape index (κ1) is 37.4. The maximum Gasteiger partial charge on any atom is 0.341 e. The Balaban J connectivity index is 1.69. The quantitative estimate of drug-likeness (QED) is 0.265. The molecule has 2 heterocycles. The van der Waals surface area contributed by atoms with Gasteiger partial charge in [-0.1, -0.05) is 91.3 Å². The number of hydrogen-bond donors (Lipinski definition) is 1. The Labute approximate surface area is 287 Å². The second-order valence-electron chi connectivity index (χ2n) is 16.2. The predicted molar refractivity (Wildman–Crippen MR) is 189 cm³/mol. The van der Waals surface area contributed by atoms with E-state index in [9.17, 15) is 18.3 Å². The van der Waals surface area contributed by atoms with E-state index in [1.165, 1.54) is 0 Å². The molecular formula is C38H54ClNO6S. The van der Waals surface area contributed by atoms with E-state index < -0.39 is 28.7 Å². The molecule has 0 amide bonds. The fourth-order valence-corrected chi connectivity index (χ4v) is 8.79. The summed E-state index contributed by atoms with van der Waals surface area (Å²) in [4.78, 5) is 11.9. The summed E-state index contributed by atoms with van der Waals surface area (Å²) in [5.74, 6) is -0.522. The Bertz CT molecular complexity index is 1560. The summed E-state index contributed by atoms with van der Waals surface area (Å²) in [5, 5.41) is 9.79. The van der Waals surface area contributed by atoms with Crippen LogP contribution in [0.25, 0.3) is 0 Å². The van der Waals surface area contributed by atoms with Crippen LogP contribution in [-0.2, 0) is 30.4 Å². The zero-order chi connectivity index (χ0) is 35.1. The Kier molecular flexibility index (Phi) is 11.0. The lowest BCUT2D eigenvalue weighted by atomic mass is 9.62.